The summed E-state index contributed by atoms with van der Waals surface area (Å²) in [5.41, 5.74) is 1.95. The fourth-order valence-corrected chi connectivity index (χ4v) is 4.02. The number of fused-ring (bicyclic) bond motifs is 2. The highest BCUT2D eigenvalue weighted by atomic mass is 32.1. The first-order valence-electron chi connectivity index (χ1n) is 10.6. The first-order chi connectivity index (χ1) is 16.1. The van der Waals surface area contributed by atoms with Gasteiger partial charge in [-0.15, -0.1) is 0 Å². The lowest BCUT2D eigenvalue weighted by atomic mass is 10.1. The first kappa shape index (κ1) is 21.0. The number of aromatic nitrogens is 2. The maximum absolute atomic E-state index is 12.8. The number of hydrogen-bond donors (Lipinski definition) is 2. The summed E-state index contributed by atoms with van der Waals surface area (Å²) in [5.74, 6) is 1.18. The van der Waals surface area contributed by atoms with E-state index in [1.807, 2.05) is 54.6 Å². The van der Waals surface area contributed by atoms with Crippen LogP contribution >= 0.6 is 12.2 Å². The molecule has 1 atom stereocenters. The molecule has 0 saturated carbocycles. The van der Waals surface area contributed by atoms with E-state index >= 15 is 0 Å². The van der Waals surface area contributed by atoms with E-state index in [4.69, 9.17) is 21.7 Å². The number of carbonyl (C=O) groups is 1. The molecule has 1 aliphatic rings. The summed E-state index contributed by atoms with van der Waals surface area (Å²) in [6.07, 6.45) is -0.260. The number of H-pyrrole nitrogens is 1. The Labute approximate surface area is 194 Å². The maximum atomic E-state index is 12.8. The lowest BCUT2D eigenvalue weighted by Gasteiger charge is -2.26. The van der Waals surface area contributed by atoms with Gasteiger partial charge in [-0.1, -0.05) is 36.4 Å². The van der Waals surface area contributed by atoms with Gasteiger partial charge < -0.3 is 19.8 Å². The second-order valence-corrected chi connectivity index (χ2v) is 8.16. The monoisotopic (exact) mass is 459 g/mol. The average molecular weight is 460 g/mol. The van der Waals surface area contributed by atoms with E-state index in [1.165, 1.54) is 4.57 Å². The van der Waals surface area contributed by atoms with E-state index in [-0.39, 0.29) is 17.6 Å². The standard InChI is InChI=1S/C25H21N3O4S/c29-23(26-13-18-15-31-21-7-3-4-8-22(21)32-18)17-11-9-16(10-12-17)14-28-24(30)19-5-1-2-6-20(19)27-25(28)33/h1-12,18H,13-15H2,(H,26,29)(H,27,33)/t18-/m0/s1. The number of para-hydroxylation sites is 3. The number of aromatic amines is 1. The predicted molar refractivity (Wildman–Crippen MR) is 128 cm³/mol. The van der Waals surface area contributed by atoms with E-state index < -0.39 is 0 Å². The van der Waals surface area contributed by atoms with Crippen LogP contribution < -0.4 is 20.3 Å². The molecule has 0 aliphatic carbocycles. The van der Waals surface area contributed by atoms with Crippen molar-refractivity contribution in [3.63, 3.8) is 0 Å². The van der Waals surface area contributed by atoms with Gasteiger partial charge in [-0.2, -0.15) is 0 Å². The zero-order valence-corrected chi connectivity index (χ0v) is 18.4. The number of rotatable bonds is 5. The van der Waals surface area contributed by atoms with Crippen molar-refractivity contribution in [3.8, 4) is 11.5 Å². The fourth-order valence-electron chi connectivity index (χ4n) is 3.76. The van der Waals surface area contributed by atoms with Crippen LogP contribution in [-0.2, 0) is 6.54 Å². The zero-order valence-electron chi connectivity index (χ0n) is 17.6. The molecule has 5 rings (SSSR count). The second kappa shape index (κ2) is 8.91. The Kier molecular flexibility index (Phi) is 5.66. The Morgan fingerprint density at radius 1 is 1.03 bits per heavy atom. The molecule has 33 heavy (non-hydrogen) atoms. The summed E-state index contributed by atoms with van der Waals surface area (Å²) in [4.78, 5) is 28.5. The van der Waals surface area contributed by atoms with Crippen LogP contribution in [0.25, 0.3) is 10.9 Å². The largest absolute Gasteiger partial charge is 0.486 e. The van der Waals surface area contributed by atoms with Gasteiger partial charge in [0.25, 0.3) is 11.5 Å². The Hall–Kier alpha value is -3.91. The minimum Gasteiger partial charge on any atom is -0.486 e. The summed E-state index contributed by atoms with van der Waals surface area (Å²) in [7, 11) is 0. The molecule has 0 bridgehead atoms. The van der Waals surface area contributed by atoms with Gasteiger partial charge in [0.2, 0.25) is 0 Å². The molecule has 0 unspecified atom stereocenters. The van der Waals surface area contributed by atoms with Crippen molar-refractivity contribution in [1.29, 1.82) is 0 Å². The van der Waals surface area contributed by atoms with Crippen LogP contribution in [0.15, 0.2) is 77.6 Å². The van der Waals surface area contributed by atoms with E-state index in [9.17, 15) is 9.59 Å². The average Bonchev–Trinajstić information content (AvgIpc) is 2.85. The van der Waals surface area contributed by atoms with Crippen molar-refractivity contribution in [2.75, 3.05) is 13.2 Å². The molecule has 1 amide bonds. The fraction of sp³-hybridized carbons (Fsp3) is 0.160. The summed E-state index contributed by atoms with van der Waals surface area (Å²) in [5, 5.41) is 3.47. The molecular weight excluding hydrogens is 438 g/mol. The van der Waals surface area contributed by atoms with Crippen LogP contribution in [0.1, 0.15) is 15.9 Å². The minimum absolute atomic E-state index is 0.146. The van der Waals surface area contributed by atoms with E-state index in [1.54, 1.807) is 18.2 Å². The van der Waals surface area contributed by atoms with E-state index in [0.29, 0.717) is 52.4 Å². The first-order valence-corrected chi connectivity index (χ1v) is 11.0. The van der Waals surface area contributed by atoms with Gasteiger partial charge in [-0.3, -0.25) is 14.2 Å². The zero-order chi connectivity index (χ0) is 22.8. The van der Waals surface area contributed by atoms with Crippen LogP contribution in [0.3, 0.4) is 0 Å². The number of ether oxygens (including phenoxy) is 2. The van der Waals surface area contributed by atoms with Crippen LogP contribution in [-0.4, -0.2) is 34.7 Å². The van der Waals surface area contributed by atoms with Crippen LogP contribution in [0.5, 0.6) is 11.5 Å². The molecule has 8 heteroatoms. The van der Waals surface area contributed by atoms with Gasteiger partial charge in [0, 0.05) is 5.56 Å². The number of benzene rings is 3. The topological polar surface area (TPSA) is 85.3 Å². The quantitative estimate of drug-likeness (QED) is 0.445. The highest BCUT2D eigenvalue weighted by Crippen LogP contribution is 2.30. The highest BCUT2D eigenvalue weighted by molar-refractivity contribution is 7.71. The molecule has 7 nitrogen and oxygen atoms in total. The Balaban J connectivity index is 1.24. The van der Waals surface area contributed by atoms with Crippen molar-refractivity contribution in [3.05, 3.63) is 99.0 Å². The van der Waals surface area contributed by atoms with Crippen LogP contribution in [0.2, 0.25) is 0 Å². The number of nitrogens with one attached hydrogen (secondary N) is 2. The van der Waals surface area contributed by atoms with E-state index in [0.717, 1.165) is 5.56 Å². The third-order valence-corrected chi connectivity index (χ3v) is 5.83. The maximum Gasteiger partial charge on any atom is 0.262 e. The third-order valence-electron chi connectivity index (χ3n) is 5.50. The summed E-state index contributed by atoms with van der Waals surface area (Å²) < 4.78 is 13.4. The second-order valence-electron chi connectivity index (χ2n) is 7.77. The van der Waals surface area contributed by atoms with Crippen molar-refractivity contribution in [1.82, 2.24) is 14.9 Å². The lowest BCUT2D eigenvalue weighted by Crippen LogP contribution is -2.40. The van der Waals surface area contributed by atoms with Gasteiger partial charge in [-0.05, 0) is 54.2 Å². The third kappa shape index (κ3) is 4.38. The molecule has 0 radical (unpaired) electrons. The molecule has 2 heterocycles. The van der Waals surface area contributed by atoms with Gasteiger partial charge in [0.05, 0.1) is 24.0 Å². The summed E-state index contributed by atoms with van der Waals surface area (Å²) in [6, 6.07) is 21.8. The Morgan fingerprint density at radius 3 is 2.58 bits per heavy atom. The van der Waals surface area contributed by atoms with Crippen molar-refractivity contribution >= 4 is 29.0 Å². The molecule has 0 saturated heterocycles. The molecule has 2 N–H and O–H groups in total. The molecular formula is C25H21N3O4S. The number of amides is 1. The SMILES string of the molecule is O=C(NC[C@H]1COc2ccccc2O1)c1ccc(Cn2c(=S)[nH]c3ccccc3c2=O)cc1. The summed E-state index contributed by atoms with van der Waals surface area (Å²) >= 11 is 5.38. The molecule has 0 fully saturated rings. The van der Waals surface area contributed by atoms with E-state index in [2.05, 4.69) is 10.3 Å². The van der Waals surface area contributed by atoms with Gasteiger partial charge in [0.1, 0.15) is 12.7 Å². The van der Waals surface area contributed by atoms with Crippen molar-refractivity contribution in [2.24, 2.45) is 0 Å². The van der Waals surface area contributed by atoms with Crippen molar-refractivity contribution < 1.29 is 14.3 Å². The molecule has 4 aromatic rings. The van der Waals surface area contributed by atoms with Gasteiger partial charge in [-0.25, -0.2) is 0 Å². The molecule has 1 aromatic heterocycles. The van der Waals surface area contributed by atoms with Gasteiger partial charge in [0.15, 0.2) is 16.3 Å². The van der Waals surface area contributed by atoms with Crippen LogP contribution in [0, 0.1) is 4.77 Å². The smallest absolute Gasteiger partial charge is 0.262 e. The number of hydrogen-bond acceptors (Lipinski definition) is 5. The lowest BCUT2D eigenvalue weighted by molar-refractivity contribution is 0.0789. The Bertz CT molecular complexity index is 1440. The molecule has 166 valence electrons. The minimum atomic E-state index is -0.260. The van der Waals surface area contributed by atoms with Crippen molar-refractivity contribution in [2.45, 2.75) is 12.6 Å². The number of carbonyl (C=O) groups excluding carboxylic acids is 1. The number of nitrogens with zero attached hydrogens (tertiary/aromatic N) is 1. The normalized spacial score (nSPS) is 14.7. The van der Waals surface area contributed by atoms with Crippen LogP contribution in [0.4, 0.5) is 0 Å². The molecule has 1 aliphatic heterocycles. The molecule has 3 aromatic carbocycles. The highest BCUT2D eigenvalue weighted by Gasteiger charge is 2.21. The predicted octanol–water partition coefficient (Wildman–Crippen LogP) is 3.68. The Morgan fingerprint density at radius 2 is 1.76 bits per heavy atom. The van der Waals surface area contributed by atoms with Gasteiger partial charge >= 0.3 is 0 Å². The summed E-state index contributed by atoms with van der Waals surface area (Å²) in [6.45, 7) is 1.02. The molecule has 0 spiro atoms.